The smallest absolute Gasteiger partial charge is 0.0693 e. The second-order valence-corrected chi connectivity index (χ2v) is 4.15. The van der Waals surface area contributed by atoms with Crippen LogP contribution in [0.25, 0.3) is 0 Å². The molecule has 1 aromatic heterocycles. The first-order valence-corrected chi connectivity index (χ1v) is 5.03. The summed E-state index contributed by atoms with van der Waals surface area (Å²) in [4.78, 5) is 0. The van der Waals surface area contributed by atoms with E-state index in [0.717, 1.165) is 12.1 Å². The van der Waals surface area contributed by atoms with Crippen molar-refractivity contribution in [2.24, 2.45) is 0 Å². The van der Waals surface area contributed by atoms with E-state index in [-0.39, 0.29) is 0 Å². The summed E-state index contributed by atoms with van der Waals surface area (Å²) in [5.41, 5.74) is 0. The normalized spacial score (nSPS) is 38.0. The third-order valence-electron chi connectivity index (χ3n) is 3.26. The van der Waals surface area contributed by atoms with E-state index in [1.165, 1.54) is 25.7 Å². The van der Waals surface area contributed by atoms with Gasteiger partial charge in [0.25, 0.3) is 0 Å². The van der Waals surface area contributed by atoms with Crippen LogP contribution in [-0.4, -0.2) is 27.1 Å². The van der Waals surface area contributed by atoms with Gasteiger partial charge in [-0.05, 0) is 25.7 Å². The molecule has 1 aromatic rings. The Bertz CT molecular complexity index is 270. The summed E-state index contributed by atoms with van der Waals surface area (Å²) < 4.78 is 2.02. The highest BCUT2D eigenvalue weighted by atomic mass is 15.4. The van der Waals surface area contributed by atoms with Gasteiger partial charge in [0.15, 0.2) is 0 Å². The molecule has 4 heteroatoms. The van der Waals surface area contributed by atoms with Crippen molar-refractivity contribution in [3.63, 3.8) is 0 Å². The molecule has 0 spiro atoms. The number of nitrogens with zero attached hydrogens (tertiary/aromatic N) is 3. The lowest BCUT2D eigenvalue weighted by Crippen LogP contribution is -2.39. The summed E-state index contributed by atoms with van der Waals surface area (Å²) in [6.07, 6.45) is 8.88. The first-order valence-electron chi connectivity index (χ1n) is 5.03. The topological polar surface area (TPSA) is 42.7 Å². The molecular weight excluding hydrogens is 164 g/mol. The van der Waals surface area contributed by atoms with Crippen LogP contribution in [0.2, 0.25) is 0 Å². The van der Waals surface area contributed by atoms with Crippen LogP contribution in [0, 0.1) is 0 Å². The third-order valence-corrected chi connectivity index (χ3v) is 3.26. The van der Waals surface area contributed by atoms with Gasteiger partial charge in [0, 0.05) is 18.3 Å². The molecule has 2 bridgehead atoms. The van der Waals surface area contributed by atoms with Crippen molar-refractivity contribution in [3.05, 3.63) is 12.4 Å². The average Bonchev–Trinajstić information content (AvgIpc) is 2.75. The molecule has 2 fully saturated rings. The molecule has 0 amide bonds. The van der Waals surface area contributed by atoms with Crippen LogP contribution in [0.4, 0.5) is 0 Å². The second kappa shape index (κ2) is 2.80. The van der Waals surface area contributed by atoms with Gasteiger partial charge in [-0.2, -0.15) is 0 Å². The largest absolute Gasteiger partial charge is 0.311 e. The molecule has 3 rings (SSSR count). The van der Waals surface area contributed by atoms with Crippen molar-refractivity contribution < 1.29 is 0 Å². The number of hydrogen-bond donors (Lipinski definition) is 1. The quantitative estimate of drug-likeness (QED) is 0.689. The minimum absolute atomic E-state index is 0.584. The van der Waals surface area contributed by atoms with E-state index < -0.39 is 0 Å². The van der Waals surface area contributed by atoms with E-state index in [9.17, 15) is 0 Å². The summed E-state index contributed by atoms with van der Waals surface area (Å²) in [6, 6.07) is 2.04. The van der Waals surface area contributed by atoms with Crippen molar-refractivity contribution in [1.82, 2.24) is 20.3 Å². The Morgan fingerprint density at radius 1 is 1.23 bits per heavy atom. The van der Waals surface area contributed by atoms with Crippen LogP contribution in [0.1, 0.15) is 31.7 Å². The van der Waals surface area contributed by atoms with Gasteiger partial charge in [-0.1, -0.05) is 5.21 Å². The van der Waals surface area contributed by atoms with E-state index in [0.29, 0.717) is 6.04 Å². The van der Waals surface area contributed by atoms with Crippen LogP contribution < -0.4 is 5.32 Å². The molecule has 4 nitrogen and oxygen atoms in total. The summed E-state index contributed by atoms with van der Waals surface area (Å²) in [5.74, 6) is 0. The van der Waals surface area contributed by atoms with Crippen molar-refractivity contribution in [2.45, 2.75) is 43.8 Å². The molecule has 0 radical (unpaired) electrons. The Hall–Kier alpha value is -0.900. The minimum atomic E-state index is 0.584. The van der Waals surface area contributed by atoms with E-state index in [4.69, 9.17) is 0 Å². The van der Waals surface area contributed by atoms with Gasteiger partial charge in [-0.25, -0.2) is 4.68 Å². The number of piperidine rings is 1. The average molecular weight is 178 g/mol. The van der Waals surface area contributed by atoms with Crippen molar-refractivity contribution in [1.29, 1.82) is 0 Å². The van der Waals surface area contributed by atoms with Gasteiger partial charge >= 0.3 is 0 Å². The lowest BCUT2D eigenvalue weighted by Gasteiger charge is -2.28. The molecule has 0 aliphatic carbocycles. The molecule has 2 aliphatic heterocycles. The Kier molecular flexibility index (Phi) is 1.62. The van der Waals surface area contributed by atoms with E-state index >= 15 is 0 Å². The number of aromatic nitrogens is 3. The SMILES string of the molecule is c1cn(C2CC3CCC(C2)N3)nn1. The molecule has 13 heavy (non-hydrogen) atoms. The lowest BCUT2D eigenvalue weighted by atomic mass is 10.0. The Balaban J connectivity index is 1.80. The van der Waals surface area contributed by atoms with Crippen LogP contribution in [0.3, 0.4) is 0 Å². The van der Waals surface area contributed by atoms with Gasteiger partial charge in [0.1, 0.15) is 0 Å². The summed E-state index contributed by atoms with van der Waals surface area (Å²) in [6.45, 7) is 0. The van der Waals surface area contributed by atoms with E-state index in [1.807, 2.05) is 10.9 Å². The van der Waals surface area contributed by atoms with Gasteiger partial charge in [0.2, 0.25) is 0 Å². The molecular formula is C9H14N4. The van der Waals surface area contributed by atoms with E-state index in [2.05, 4.69) is 15.6 Å². The predicted molar refractivity (Wildman–Crippen MR) is 48.2 cm³/mol. The molecule has 2 aliphatic rings. The Labute approximate surface area is 77.3 Å². The minimum Gasteiger partial charge on any atom is -0.311 e. The Morgan fingerprint density at radius 3 is 2.62 bits per heavy atom. The molecule has 0 aromatic carbocycles. The molecule has 70 valence electrons. The van der Waals surface area contributed by atoms with Gasteiger partial charge in [-0.15, -0.1) is 5.10 Å². The molecule has 2 atom stereocenters. The fourth-order valence-corrected chi connectivity index (χ4v) is 2.66. The van der Waals surface area contributed by atoms with Crippen molar-refractivity contribution >= 4 is 0 Å². The van der Waals surface area contributed by atoms with Crippen molar-refractivity contribution in [2.75, 3.05) is 0 Å². The molecule has 0 saturated carbocycles. The second-order valence-electron chi connectivity index (χ2n) is 4.15. The standard InChI is InChI=1S/C9H14N4/c1-2-8-6-9(5-7(1)11-8)13-4-3-10-12-13/h3-4,7-9,11H,1-2,5-6H2. The predicted octanol–water partition coefficient (Wildman–Crippen LogP) is 0.734. The number of rotatable bonds is 1. The van der Waals surface area contributed by atoms with Gasteiger partial charge in [-0.3, -0.25) is 0 Å². The lowest BCUT2D eigenvalue weighted by molar-refractivity contribution is 0.278. The number of fused-ring (bicyclic) bond motifs is 2. The first-order chi connectivity index (χ1) is 6.42. The number of nitrogens with one attached hydrogen (secondary N) is 1. The van der Waals surface area contributed by atoms with Crippen LogP contribution in [0.5, 0.6) is 0 Å². The maximum atomic E-state index is 4.08. The highest BCUT2D eigenvalue weighted by Crippen LogP contribution is 2.33. The fourth-order valence-electron chi connectivity index (χ4n) is 2.66. The van der Waals surface area contributed by atoms with E-state index in [1.54, 1.807) is 6.20 Å². The maximum absolute atomic E-state index is 4.08. The zero-order chi connectivity index (χ0) is 8.67. The molecule has 2 unspecified atom stereocenters. The number of hydrogen-bond acceptors (Lipinski definition) is 3. The zero-order valence-corrected chi connectivity index (χ0v) is 7.56. The highest BCUT2D eigenvalue weighted by Gasteiger charge is 2.34. The van der Waals surface area contributed by atoms with Crippen LogP contribution >= 0.6 is 0 Å². The Morgan fingerprint density at radius 2 is 2.00 bits per heavy atom. The third kappa shape index (κ3) is 1.25. The van der Waals surface area contributed by atoms with Crippen LogP contribution in [-0.2, 0) is 0 Å². The van der Waals surface area contributed by atoms with Gasteiger partial charge < -0.3 is 5.32 Å². The molecule has 3 heterocycles. The zero-order valence-electron chi connectivity index (χ0n) is 7.56. The monoisotopic (exact) mass is 178 g/mol. The molecule has 1 N–H and O–H groups in total. The molecule has 2 saturated heterocycles. The summed E-state index contributed by atoms with van der Waals surface area (Å²) >= 11 is 0. The van der Waals surface area contributed by atoms with Crippen LogP contribution in [0.15, 0.2) is 12.4 Å². The fraction of sp³-hybridized carbons (Fsp3) is 0.778. The van der Waals surface area contributed by atoms with Gasteiger partial charge in [0.05, 0.1) is 12.2 Å². The summed E-state index contributed by atoms with van der Waals surface area (Å²) in [7, 11) is 0. The highest BCUT2D eigenvalue weighted by molar-refractivity contribution is 4.94. The van der Waals surface area contributed by atoms with Crippen molar-refractivity contribution in [3.8, 4) is 0 Å². The summed E-state index contributed by atoms with van der Waals surface area (Å²) in [5, 5.41) is 11.6. The maximum Gasteiger partial charge on any atom is 0.0693 e. The first kappa shape index (κ1) is 7.50.